The second kappa shape index (κ2) is 2.74. The maximum atomic E-state index is 12.5. The van der Waals surface area contributed by atoms with Gasteiger partial charge in [0, 0.05) is 12.1 Å². The number of phenolic OH excluding ortho intramolecular Hbond substituents is 1. The summed E-state index contributed by atoms with van der Waals surface area (Å²) in [5.41, 5.74) is 0. The van der Waals surface area contributed by atoms with Gasteiger partial charge in [-0.3, -0.25) is 0 Å². The number of benzene rings is 1. The Balaban J connectivity index is 3.21. The molecule has 0 amide bonds. The monoisotopic (exact) mass is 160 g/mol. The molecule has 0 unspecified atom stereocenters. The van der Waals surface area contributed by atoms with Crippen molar-refractivity contribution in [3.8, 4) is 11.5 Å². The van der Waals surface area contributed by atoms with Crippen molar-refractivity contribution in [2.45, 2.75) is 0 Å². The molecule has 0 fully saturated rings. The average Bonchev–Trinajstić information content (AvgIpc) is 1.99. The van der Waals surface area contributed by atoms with E-state index >= 15 is 0 Å². The van der Waals surface area contributed by atoms with Crippen LogP contribution in [-0.4, -0.2) is 12.2 Å². The molecule has 0 bridgehead atoms. The second-order valence-corrected chi connectivity index (χ2v) is 1.94. The highest BCUT2D eigenvalue weighted by molar-refractivity contribution is 5.33. The van der Waals surface area contributed by atoms with Crippen LogP contribution in [0.1, 0.15) is 0 Å². The Labute approximate surface area is 62.0 Å². The first kappa shape index (κ1) is 7.78. The Morgan fingerprint density at radius 1 is 1.27 bits per heavy atom. The van der Waals surface area contributed by atoms with E-state index < -0.39 is 17.4 Å². The van der Waals surface area contributed by atoms with E-state index in [0.717, 1.165) is 12.1 Å². The molecule has 0 saturated heterocycles. The van der Waals surface area contributed by atoms with Crippen molar-refractivity contribution in [2.24, 2.45) is 0 Å². The van der Waals surface area contributed by atoms with Crippen LogP contribution in [0.3, 0.4) is 0 Å². The number of hydrogen-bond donors (Lipinski definition) is 1. The molecule has 60 valence electrons. The summed E-state index contributed by atoms with van der Waals surface area (Å²) in [5.74, 6) is -2.99. The first-order valence-electron chi connectivity index (χ1n) is 2.87. The van der Waals surface area contributed by atoms with E-state index in [-0.39, 0.29) is 5.75 Å². The fraction of sp³-hybridized carbons (Fsp3) is 0.143. The standard InChI is InChI=1S/C7H6F2O2/c1-11-4-2-5(8)7(10)6(9)3-4/h2-3,10H,1H3. The Kier molecular flexibility index (Phi) is 1.94. The summed E-state index contributed by atoms with van der Waals surface area (Å²) in [6.07, 6.45) is 0. The number of aromatic hydroxyl groups is 1. The van der Waals surface area contributed by atoms with Gasteiger partial charge in [-0.15, -0.1) is 0 Å². The highest BCUT2D eigenvalue weighted by atomic mass is 19.1. The van der Waals surface area contributed by atoms with Gasteiger partial charge in [0.2, 0.25) is 0 Å². The van der Waals surface area contributed by atoms with Gasteiger partial charge in [0.1, 0.15) is 5.75 Å². The van der Waals surface area contributed by atoms with Crippen LogP contribution in [0, 0.1) is 11.6 Å². The van der Waals surface area contributed by atoms with E-state index in [0.29, 0.717) is 0 Å². The molecule has 0 saturated carbocycles. The lowest BCUT2D eigenvalue weighted by Gasteiger charge is -2.01. The van der Waals surface area contributed by atoms with Gasteiger partial charge >= 0.3 is 0 Å². The lowest BCUT2D eigenvalue weighted by Crippen LogP contribution is -1.87. The number of ether oxygens (including phenoxy) is 1. The topological polar surface area (TPSA) is 29.5 Å². The number of phenols is 1. The minimum Gasteiger partial charge on any atom is -0.503 e. The summed E-state index contributed by atoms with van der Waals surface area (Å²) in [4.78, 5) is 0. The maximum Gasteiger partial charge on any atom is 0.188 e. The van der Waals surface area contributed by atoms with Crippen molar-refractivity contribution in [2.75, 3.05) is 7.11 Å². The van der Waals surface area contributed by atoms with Crippen molar-refractivity contribution in [1.82, 2.24) is 0 Å². The summed E-state index contributed by atoms with van der Waals surface area (Å²) in [5, 5.41) is 8.62. The van der Waals surface area contributed by atoms with Gasteiger partial charge in [0.05, 0.1) is 7.11 Å². The summed E-state index contributed by atoms with van der Waals surface area (Å²) < 4.78 is 29.5. The minimum absolute atomic E-state index is 0.0396. The molecular weight excluding hydrogens is 154 g/mol. The maximum absolute atomic E-state index is 12.5. The third-order valence-corrected chi connectivity index (χ3v) is 1.23. The molecule has 0 spiro atoms. The van der Waals surface area contributed by atoms with Crippen LogP contribution in [-0.2, 0) is 0 Å². The van der Waals surface area contributed by atoms with E-state index in [1.165, 1.54) is 7.11 Å². The summed E-state index contributed by atoms with van der Waals surface area (Å²) in [6.45, 7) is 0. The van der Waals surface area contributed by atoms with E-state index in [1.54, 1.807) is 0 Å². The van der Waals surface area contributed by atoms with E-state index in [2.05, 4.69) is 4.74 Å². The molecule has 0 atom stereocenters. The fourth-order valence-electron chi connectivity index (χ4n) is 0.660. The van der Waals surface area contributed by atoms with Crippen LogP contribution in [0.5, 0.6) is 11.5 Å². The zero-order valence-corrected chi connectivity index (χ0v) is 5.77. The van der Waals surface area contributed by atoms with Gasteiger partial charge in [0.15, 0.2) is 17.4 Å². The average molecular weight is 160 g/mol. The predicted molar refractivity (Wildman–Crippen MR) is 34.6 cm³/mol. The SMILES string of the molecule is COc1cc(F)c(O)c(F)c1. The predicted octanol–water partition coefficient (Wildman–Crippen LogP) is 1.68. The molecule has 0 radical (unpaired) electrons. The quantitative estimate of drug-likeness (QED) is 0.677. The minimum atomic E-state index is -1.03. The first-order chi connectivity index (χ1) is 5.15. The molecule has 4 heteroatoms. The normalized spacial score (nSPS) is 9.73. The van der Waals surface area contributed by atoms with Crippen LogP contribution in [0.4, 0.5) is 8.78 Å². The van der Waals surface area contributed by atoms with Gasteiger partial charge in [-0.05, 0) is 0 Å². The third kappa shape index (κ3) is 1.39. The van der Waals surface area contributed by atoms with Gasteiger partial charge < -0.3 is 9.84 Å². The molecule has 0 heterocycles. The third-order valence-electron chi connectivity index (χ3n) is 1.23. The van der Waals surface area contributed by atoms with E-state index in [1.807, 2.05) is 0 Å². The molecule has 1 aromatic carbocycles. The van der Waals surface area contributed by atoms with Gasteiger partial charge in [-0.25, -0.2) is 8.78 Å². The summed E-state index contributed by atoms with van der Waals surface area (Å²) in [7, 11) is 1.28. The summed E-state index contributed by atoms with van der Waals surface area (Å²) in [6, 6.07) is 1.80. The van der Waals surface area contributed by atoms with Crippen molar-refractivity contribution < 1.29 is 18.6 Å². The summed E-state index contributed by atoms with van der Waals surface area (Å²) >= 11 is 0. The fourth-order valence-corrected chi connectivity index (χ4v) is 0.660. The van der Waals surface area contributed by atoms with Crippen LogP contribution >= 0.6 is 0 Å². The van der Waals surface area contributed by atoms with Gasteiger partial charge in [-0.2, -0.15) is 0 Å². The molecule has 0 aliphatic carbocycles. The molecule has 0 aliphatic heterocycles. The lowest BCUT2D eigenvalue weighted by molar-refractivity contribution is 0.375. The molecule has 2 nitrogen and oxygen atoms in total. The van der Waals surface area contributed by atoms with Crippen LogP contribution in [0.25, 0.3) is 0 Å². The highest BCUT2D eigenvalue weighted by Crippen LogP contribution is 2.24. The molecular formula is C7H6F2O2. The van der Waals surface area contributed by atoms with Crippen LogP contribution in [0.15, 0.2) is 12.1 Å². The smallest absolute Gasteiger partial charge is 0.188 e. The van der Waals surface area contributed by atoms with Gasteiger partial charge in [-0.1, -0.05) is 0 Å². The van der Waals surface area contributed by atoms with Crippen molar-refractivity contribution in [1.29, 1.82) is 0 Å². The number of methoxy groups -OCH3 is 1. The molecule has 0 aliphatic rings. The Bertz CT molecular complexity index is 250. The van der Waals surface area contributed by atoms with Crippen molar-refractivity contribution in [3.05, 3.63) is 23.8 Å². The first-order valence-corrected chi connectivity index (χ1v) is 2.87. The zero-order valence-electron chi connectivity index (χ0n) is 5.77. The molecule has 1 rings (SSSR count). The molecule has 11 heavy (non-hydrogen) atoms. The second-order valence-electron chi connectivity index (χ2n) is 1.94. The zero-order chi connectivity index (χ0) is 8.43. The Morgan fingerprint density at radius 2 is 1.73 bits per heavy atom. The largest absolute Gasteiger partial charge is 0.503 e. The molecule has 1 N–H and O–H groups in total. The van der Waals surface area contributed by atoms with Crippen molar-refractivity contribution in [3.63, 3.8) is 0 Å². The van der Waals surface area contributed by atoms with Gasteiger partial charge in [0.25, 0.3) is 0 Å². The lowest BCUT2D eigenvalue weighted by atomic mass is 10.3. The van der Waals surface area contributed by atoms with Crippen LogP contribution < -0.4 is 4.74 Å². The number of rotatable bonds is 1. The number of hydrogen-bond acceptors (Lipinski definition) is 2. The Morgan fingerprint density at radius 3 is 2.09 bits per heavy atom. The highest BCUT2D eigenvalue weighted by Gasteiger charge is 2.08. The Hall–Kier alpha value is -1.32. The number of halogens is 2. The molecule has 0 aromatic heterocycles. The molecule has 1 aromatic rings. The van der Waals surface area contributed by atoms with E-state index in [4.69, 9.17) is 5.11 Å². The van der Waals surface area contributed by atoms with Crippen LogP contribution in [0.2, 0.25) is 0 Å². The van der Waals surface area contributed by atoms with E-state index in [9.17, 15) is 8.78 Å². The van der Waals surface area contributed by atoms with Crippen molar-refractivity contribution >= 4 is 0 Å².